The maximum absolute atomic E-state index is 5.24. The van der Waals surface area contributed by atoms with Crippen molar-refractivity contribution in [3.05, 3.63) is 0 Å². The van der Waals surface area contributed by atoms with E-state index in [1.54, 1.807) is 0 Å². The van der Waals surface area contributed by atoms with E-state index in [1.165, 1.54) is 25.7 Å². The minimum absolute atomic E-state index is 0.718. The van der Waals surface area contributed by atoms with Gasteiger partial charge in [-0.2, -0.15) is 5.06 Å². The summed E-state index contributed by atoms with van der Waals surface area (Å²) in [5.74, 6) is 1.76. The van der Waals surface area contributed by atoms with Crippen LogP contribution in [0.15, 0.2) is 0 Å². The van der Waals surface area contributed by atoms with Gasteiger partial charge in [0.1, 0.15) is 6.73 Å². The molecule has 2 aliphatic rings. The van der Waals surface area contributed by atoms with Crippen molar-refractivity contribution >= 4 is 0 Å². The molecule has 1 saturated heterocycles. The maximum atomic E-state index is 5.24. The first-order chi connectivity index (χ1) is 5.77. The lowest BCUT2D eigenvalue weighted by Crippen LogP contribution is -2.25. The van der Waals surface area contributed by atoms with E-state index in [-0.39, 0.29) is 0 Å². The van der Waals surface area contributed by atoms with Crippen LogP contribution in [0.5, 0.6) is 0 Å². The van der Waals surface area contributed by atoms with E-state index < -0.39 is 0 Å². The molecule has 0 amide bonds. The molecule has 12 heavy (non-hydrogen) atoms. The third-order valence-electron chi connectivity index (χ3n) is 3.37. The summed E-state index contributed by atoms with van der Waals surface area (Å²) < 4.78 is 0. The first-order valence-electron chi connectivity index (χ1n) is 5.17. The number of rotatable bonds is 1. The molecular weight excluding hydrogens is 150 g/mol. The Morgan fingerprint density at radius 2 is 1.75 bits per heavy atom. The molecule has 4 atom stereocenters. The van der Waals surface area contributed by atoms with Crippen molar-refractivity contribution in [3.8, 4) is 0 Å². The first-order valence-corrected chi connectivity index (χ1v) is 5.17. The summed E-state index contributed by atoms with van der Waals surface area (Å²) in [4.78, 5) is 5.24. The van der Waals surface area contributed by atoms with E-state index in [1.807, 2.05) is 0 Å². The van der Waals surface area contributed by atoms with Crippen molar-refractivity contribution in [2.75, 3.05) is 6.73 Å². The van der Waals surface area contributed by atoms with E-state index in [0.717, 1.165) is 24.6 Å². The van der Waals surface area contributed by atoms with Gasteiger partial charge in [-0.05, 0) is 31.1 Å². The number of nitrogens with zero attached hydrogens (tertiary/aromatic N) is 1. The van der Waals surface area contributed by atoms with Crippen LogP contribution >= 0.6 is 0 Å². The van der Waals surface area contributed by atoms with Crippen LogP contribution in [0.2, 0.25) is 0 Å². The quantitative estimate of drug-likeness (QED) is 0.442. The van der Waals surface area contributed by atoms with Crippen LogP contribution in [0.25, 0.3) is 0 Å². The Morgan fingerprint density at radius 1 is 1.08 bits per heavy atom. The highest BCUT2D eigenvalue weighted by atomic mass is 16.8. The molecule has 0 radical (unpaired) electrons. The molecular formula is C10H19NO. The molecule has 1 saturated carbocycles. The normalized spacial score (nSPS) is 48.5. The van der Waals surface area contributed by atoms with Crippen LogP contribution in [0, 0.1) is 11.8 Å². The molecule has 0 aromatic heterocycles. The van der Waals surface area contributed by atoms with Gasteiger partial charge in [0.2, 0.25) is 0 Å². The molecule has 1 heterocycles. The van der Waals surface area contributed by atoms with Gasteiger partial charge in [0.05, 0.1) is 0 Å². The average Bonchev–Trinajstić information content (AvgIpc) is 2.82. The Bertz CT molecular complexity index is 156. The van der Waals surface area contributed by atoms with Gasteiger partial charge in [0.15, 0.2) is 0 Å². The van der Waals surface area contributed by atoms with Crippen LogP contribution in [0.1, 0.15) is 39.5 Å². The second kappa shape index (κ2) is 3.35. The predicted molar refractivity (Wildman–Crippen MR) is 48.4 cm³/mol. The van der Waals surface area contributed by atoms with E-state index in [2.05, 4.69) is 18.9 Å². The molecule has 4 unspecified atom stereocenters. The molecule has 2 fully saturated rings. The Hall–Kier alpha value is -0.0800. The Labute approximate surface area is 74.8 Å². The van der Waals surface area contributed by atoms with Crippen LogP contribution in [-0.4, -0.2) is 17.8 Å². The lowest BCUT2D eigenvalue weighted by Gasteiger charge is -2.19. The van der Waals surface area contributed by atoms with Crippen molar-refractivity contribution in [2.24, 2.45) is 11.8 Å². The fourth-order valence-electron chi connectivity index (χ4n) is 2.28. The molecule has 70 valence electrons. The second-order valence-corrected chi connectivity index (χ2v) is 4.48. The highest BCUT2D eigenvalue weighted by Crippen LogP contribution is 2.33. The van der Waals surface area contributed by atoms with Crippen LogP contribution in [0.4, 0.5) is 0 Å². The van der Waals surface area contributed by atoms with Crippen molar-refractivity contribution in [2.45, 2.75) is 45.6 Å². The summed E-state index contributed by atoms with van der Waals surface area (Å²) in [6, 6.07) is 0.718. The summed E-state index contributed by atoms with van der Waals surface area (Å²) in [5.41, 5.74) is 0. The SMILES string of the molecule is CC1CCC(C)C(N2CO2)CC1. The molecule has 2 nitrogen and oxygen atoms in total. The molecule has 0 aromatic carbocycles. The summed E-state index contributed by atoms with van der Waals surface area (Å²) in [7, 11) is 0. The van der Waals surface area contributed by atoms with Crippen molar-refractivity contribution in [3.63, 3.8) is 0 Å². The molecule has 0 bridgehead atoms. The molecule has 0 spiro atoms. The molecule has 2 rings (SSSR count). The lowest BCUT2D eigenvalue weighted by atomic mass is 9.97. The van der Waals surface area contributed by atoms with Gasteiger partial charge >= 0.3 is 0 Å². The highest BCUT2D eigenvalue weighted by molar-refractivity contribution is 4.79. The zero-order chi connectivity index (χ0) is 8.55. The van der Waals surface area contributed by atoms with E-state index in [9.17, 15) is 0 Å². The third kappa shape index (κ3) is 1.80. The van der Waals surface area contributed by atoms with Gasteiger partial charge in [-0.1, -0.05) is 20.3 Å². The minimum Gasteiger partial charge on any atom is -0.278 e. The number of hydrogen-bond donors (Lipinski definition) is 0. The van der Waals surface area contributed by atoms with E-state index >= 15 is 0 Å². The zero-order valence-electron chi connectivity index (χ0n) is 8.12. The number of hydrogen-bond acceptors (Lipinski definition) is 2. The minimum atomic E-state index is 0.718. The fourth-order valence-corrected chi connectivity index (χ4v) is 2.28. The Kier molecular flexibility index (Phi) is 2.37. The smallest absolute Gasteiger partial charge is 0.144 e. The molecule has 1 aliphatic heterocycles. The predicted octanol–water partition coefficient (Wildman–Crippen LogP) is 2.41. The van der Waals surface area contributed by atoms with Gasteiger partial charge in [-0.25, -0.2) is 0 Å². The summed E-state index contributed by atoms with van der Waals surface area (Å²) in [5, 5.41) is 2.16. The van der Waals surface area contributed by atoms with E-state index in [4.69, 9.17) is 4.84 Å². The zero-order valence-corrected chi connectivity index (χ0v) is 8.12. The molecule has 2 heteroatoms. The van der Waals surface area contributed by atoms with Crippen molar-refractivity contribution < 1.29 is 4.84 Å². The highest BCUT2D eigenvalue weighted by Gasteiger charge is 2.34. The fraction of sp³-hybridized carbons (Fsp3) is 1.00. The topological polar surface area (TPSA) is 15.5 Å². The number of hydroxylamine groups is 2. The van der Waals surface area contributed by atoms with Gasteiger partial charge in [0, 0.05) is 6.04 Å². The van der Waals surface area contributed by atoms with Crippen molar-refractivity contribution in [1.82, 2.24) is 5.06 Å². The van der Waals surface area contributed by atoms with Gasteiger partial charge in [-0.15, -0.1) is 0 Å². The average molecular weight is 169 g/mol. The third-order valence-corrected chi connectivity index (χ3v) is 3.37. The standard InChI is InChI=1S/C10H19NO/c1-8-3-5-9(2)10(6-4-8)11-7-12-11/h8-10H,3-7H2,1-2H3. The van der Waals surface area contributed by atoms with Gasteiger partial charge < -0.3 is 0 Å². The maximum Gasteiger partial charge on any atom is 0.144 e. The Morgan fingerprint density at radius 3 is 2.42 bits per heavy atom. The van der Waals surface area contributed by atoms with Gasteiger partial charge in [0.25, 0.3) is 0 Å². The summed E-state index contributed by atoms with van der Waals surface area (Å²) in [6.07, 6.45) is 5.51. The first kappa shape index (κ1) is 8.52. The lowest BCUT2D eigenvalue weighted by molar-refractivity contribution is 0.106. The monoisotopic (exact) mass is 169 g/mol. The van der Waals surface area contributed by atoms with Gasteiger partial charge in [-0.3, -0.25) is 4.84 Å². The van der Waals surface area contributed by atoms with Crippen LogP contribution < -0.4 is 0 Å². The largest absolute Gasteiger partial charge is 0.278 e. The summed E-state index contributed by atoms with van der Waals surface area (Å²) in [6.45, 7) is 5.62. The second-order valence-electron chi connectivity index (χ2n) is 4.48. The molecule has 1 aliphatic carbocycles. The summed E-state index contributed by atoms with van der Waals surface area (Å²) >= 11 is 0. The molecule has 0 aromatic rings. The van der Waals surface area contributed by atoms with Crippen molar-refractivity contribution in [1.29, 1.82) is 0 Å². The Balaban J connectivity index is 1.92. The van der Waals surface area contributed by atoms with E-state index in [0.29, 0.717) is 0 Å². The molecule has 0 N–H and O–H groups in total. The van der Waals surface area contributed by atoms with Crippen LogP contribution in [0.3, 0.4) is 0 Å². The van der Waals surface area contributed by atoms with Crippen LogP contribution in [-0.2, 0) is 4.84 Å².